The number of ether oxygens (including phenoxy) is 1. The van der Waals surface area contributed by atoms with Gasteiger partial charge in [-0.15, -0.1) is 0 Å². The summed E-state index contributed by atoms with van der Waals surface area (Å²) in [5, 5.41) is 10.1. The van der Waals surface area contributed by atoms with Crippen LogP contribution in [0.1, 0.15) is 24.8 Å². The molecule has 136 valence electrons. The molecule has 7 nitrogen and oxygen atoms in total. The Bertz CT molecular complexity index is 660. The van der Waals surface area contributed by atoms with E-state index in [1.54, 1.807) is 24.3 Å². The van der Waals surface area contributed by atoms with Gasteiger partial charge in [0, 0.05) is 12.5 Å². The van der Waals surface area contributed by atoms with Gasteiger partial charge in [0.1, 0.15) is 11.4 Å². The molecule has 2 N–H and O–H groups in total. The summed E-state index contributed by atoms with van der Waals surface area (Å²) in [6, 6.07) is 6.98. The van der Waals surface area contributed by atoms with Crippen LogP contribution in [0.15, 0.2) is 24.3 Å². The molecule has 1 aliphatic carbocycles. The number of aliphatic hydroxyl groups excluding tert-OH is 1. The van der Waals surface area contributed by atoms with E-state index < -0.39 is 22.1 Å². The first-order valence-corrected chi connectivity index (χ1v) is 9.18. The quantitative estimate of drug-likeness (QED) is 0.742. The monoisotopic (exact) mass is 359 g/mol. The van der Waals surface area contributed by atoms with Crippen LogP contribution in [0.2, 0.25) is 0 Å². The lowest BCUT2D eigenvalue weighted by molar-refractivity contribution is -0.0746. The van der Waals surface area contributed by atoms with Gasteiger partial charge in [-0.3, -0.25) is 4.55 Å². The molecule has 0 bridgehead atoms. The Balaban J connectivity index is 2.55. The van der Waals surface area contributed by atoms with Crippen molar-refractivity contribution in [2.45, 2.75) is 31.0 Å². The van der Waals surface area contributed by atoms with E-state index in [9.17, 15) is 18.1 Å². The van der Waals surface area contributed by atoms with Crippen molar-refractivity contribution in [1.82, 2.24) is 4.90 Å². The highest BCUT2D eigenvalue weighted by Crippen LogP contribution is 2.46. The van der Waals surface area contributed by atoms with Crippen LogP contribution in [0.3, 0.4) is 0 Å². The predicted octanol–water partition coefficient (Wildman–Crippen LogP) is 1.43. The first-order chi connectivity index (χ1) is 11.2. The van der Waals surface area contributed by atoms with Crippen molar-refractivity contribution in [3.05, 3.63) is 29.8 Å². The highest BCUT2D eigenvalue weighted by Gasteiger charge is 2.49. The molecule has 0 saturated heterocycles. The van der Waals surface area contributed by atoms with Gasteiger partial charge in [0.15, 0.2) is 0 Å². The molecular formula is C16H25NO6S. The first kappa shape index (κ1) is 19.1. The number of hydrogen-bond acceptors (Lipinski definition) is 6. The Hall–Kier alpha value is -1.19. The fourth-order valence-corrected chi connectivity index (χ4v) is 4.19. The summed E-state index contributed by atoms with van der Waals surface area (Å²) in [7, 11) is 0.580. The Kier molecular flexibility index (Phi) is 5.87. The van der Waals surface area contributed by atoms with Crippen molar-refractivity contribution >= 4 is 10.4 Å². The molecular weight excluding hydrogens is 334 g/mol. The summed E-state index contributed by atoms with van der Waals surface area (Å²) in [4.78, 5) is 1.91. The molecule has 1 aromatic rings. The zero-order valence-electron chi connectivity index (χ0n) is 14.2. The topological polar surface area (TPSA) is 96.3 Å². The molecule has 24 heavy (non-hydrogen) atoms. The van der Waals surface area contributed by atoms with Gasteiger partial charge in [-0.2, -0.15) is 8.42 Å². The third-order valence-electron chi connectivity index (χ3n) is 4.46. The van der Waals surface area contributed by atoms with E-state index in [0.29, 0.717) is 30.7 Å². The van der Waals surface area contributed by atoms with Crippen molar-refractivity contribution in [2.75, 3.05) is 27.7 Å². The van der Waals surface area contributed by atoms with Crippen LogP contribution in [-0.4, -0.2) is 56.8 Å². The lowest BCUT2D eigenvalue weighted by atomic mass is 9.70. The molecule has 0 aromatic heterocycles. The van der Waals surface area contributed by atoms with Crippen LogP contribution < -0.4 is 4.74 Å². The van der Waals surface area contributed by atoms with Gasteiger partial charge in [0.25, 0.3) is 0 Å². The van der Waals surface area contributed by atoms with Gasteiger partial charge < -0.3 is 14.7 Å². The first-order valence-electron chi connectivity index (χ1n) is 7.81. The second-order valence-corrected chi connectivity index (χ2v) is 7.54. The van der Waals surface area contributed by atoms with Gasteiger partial charge >= 0.3 is 10.4 Å². The molecule has 8 heteroatoms. The Labute approximate surface area is 143 Å². The molecule has 1 aliphatic rings. The third kappa shape index (κ3) is 4.46. The summed E-state index contributed by atoms with van der Waals surface area (Å²) in [6.45, 7) is 0.504. The lowest BCUT2D eigenvalue weighted by Crippen LogP contribution is -2.49. The minimum atomic E-state index is -4.68. The molecule has 2 rings (SSSR count). The molecule has 0 aliphatic heterocycles. The van der Waals surface area contributed by atoms with Gasteiger partial charge in [0.2, 0.25) is 0 Å². The number of methoxy groups -OCH3 is 1. The number of aliphatic hydroxyl groups is 1. The van der Waals surface area contributed by atoms with Crippen LogP contribution >= 0.6 is 0 Å². The van der Waals surface area contributed by atoms with Crippen LogP contribution in [0, 0.1) is 5.92 Å². The second kappa shape index (κ2) is 7.37. The maximum absolute atomic E-state index is 11.6. The average Bonchev–Trinajstić information content (AvgIpc) is 2.48. The van der Waals surface area contributed by atoms with Gasteiger partial charge in [0.05, 0.1) is 13.2 Å². The minimum Gasteiger partial charge on any atom is -0.497 e. The van der Waals surface area contributed by atoms with Gasteiger partial charge in [-0.25, -0.2) is 4.18 Å². The molecule has 0 spiro atoms. The van der Waals surface area contributed by atoms with Crippen LogP contribution in [0.25, 0.3) is 0 Å². The van der Waals surface area contributed by atoms with Crippen LogP contribution in [0.4, 0.5) is 0 Å². The fraction of sp³-hybridized carbons (Fsp3) is 0.625. The zero-order valence-corrected chi connectivity index (χ0v) is 15.0. The minimum absolute atomic E-state index is 0.277. The Morgan fingerprint density at radius 1 is 1.38 bits per heavy atom. The van der Waals surface area contributed by atoms with Crippen molar-refractivity contribution < 1.29 is 27.0 Å². The molecule has 0 amide bonds. The Morgan fingerprint density at radius 2 is 2.08 bits per heavy atom. The number of benzene rings is 1. The lowest BCUT2D eigenvalue weighted by Gasteiger charge is -2.45. The van der Waals surface area contributed by atoms with Crippen molar-refractivity contribution in [2.24, 2.45) is 5.92 Å². The normalized spacial score (nSPS) is 28.1. The highest BCUT2D eigenvalue weighted by molar-refractivity contribution is 7.80. The summed E-state index contributed by atoms with van der Waals surface area (Å²) < 4.78 is 43.0. The molecule has 3 unspecified atom stereocenters. The standard InChI is InChI=1S/C16H25NO6S/c1-17(2)11-13-9-14(18)7-8-16(13,23-24(19,20)21)12-5-4-6-15(10-12)22-3/h4-6,10,13-14,18H,7-9,11H2,1-3H3,(H,19,20,21). The van der Waals surface area contributed by atoms with E-state index in [1.807, 2.05) is 19.0 Å². The van der Waals surface area contributed by atoms with Crippen LogP contribution in [0.5, 0.6) is 5.75 Å². The largest absolute Gasteiger partial charge is 0.497 e. The molecule has 3 atom stereocenters. The maximum atomic E-state index is 11.6. The van der Waals surface area contributed by atoms with Gasteiger partial charge in [-0.1, -0.05) is 12.1 Å². The fourth-order valence-electron chi connectivity index (χ4n) is 3.50. The molecule has 0 radical (unpaired) electrons. The van der Waals surface area contributed by atoms with E-state index in [0.717, 1.165) is 0 Å². The summed E-state index contributed by atoms with van der Waals surface area (Å²) in [6.07, 6.45) is 0.514. The zero-order chi connectivity index (χ0) is 18.0. The number of nitrogens with zero attached hydrogens (tertiary/aromatic N) is 1. The predicted molar refractivity (Wildman–Crippen MR) is 89.2 cm³/mol. The smallest absolute Gasteiger partial charge is 0.398 e. The van der Waals surface area contributed by atoms with Crippen molar-refractivity contribution in [3.8, 4) is 5.75 Å². The van der Waals surface area contributed by atoms with Crippen molar-refractivity contribution in [3.63, 3.8) is 0 Å². The van der Waals surface area contributed by atoms with E-state index in [2.05, 4.69) is 0 Å². The SMILES string of the molecule is COc1cccc(C2(OS(=O)(=O)O)CCC(O)CC2CN(C)C)c1. The molecule has 1 aromatic carbocycles. The van der Waals surface area contributed by atoms with E-state index in [1.165, 1.54) is 7.11 Å². The Morgan fingerprint density at radius 3 is 2.67 bits per heavy atom. The molecule has 1 fully saturated rings. The second-order valence-electron chi connectivity index (χ2n) is 6.52. The molecule has 1 saturated carbocycles. The van der Waals surface area contributed by atoms with Gasteiger partial charge in [-0.05, 0) is 51.1 Å². The van der Waals surface area contributed by atoms with Crippen LogP contribution in [-0.2, 0) is 20.2 Å². The van der Waals surface area contributed by atoms with E-state index in [4.69, 9.17) is 8.92 Å². The summed E-state index contributed by atoms with van der Waals surface area (Å²) in [5.74, 6) is 0.255. The highest BCUT2D eigenvalue weighted by atomic mass is 32.3. The summed E-state index contributed by atoms with van der Waals surface area (Å²) in [5.41, 5.74) is -0.635. The van der Waals surface area contributed by atoms with Crippen molar-refractivity contribution in [1.29, 1.82) is 0 Å². The van der Waals surface area contributed by atoms with E-state index >= 15 is 0 Å². The third-order valence-corrected chi connectivity index (χ3v) is 4.97. The number of rotatable bonds is 6. The molecule has 0 heterocycles. The average molecular weight is 359 g/mol. The number of hydrogen-bond donors (Lipinski definition) is 2. The maximum Gasteiger partial charge on any atom is 0.398 e. The summed E-state index contributed by atoms with van der Waals surface area (Å²) >= 11 is 0. The van der Waals surface area contributed by atoms with E-state index in [-0.39, 0.29) is 12.3 Å².